The number of carbonyl (C=O) groups is 1. The Balaban J connectivity index is 2.18. The maximum Gasteiger partial charge on any atom is 0.150 e. The molecule has 0 aliphatic heterocycles. The Morgan fingerprint density at radius 1 is 1.17 bits per heavy atom. The van der Waals surface area contributed by atoms with E-state index in [0.29, 0.717) is 0 Å². The SMILES string of the molecule is O=Cc1ccc(C2CCC2)cc1. The van der Waals surface area contributed by atoms with Gasteiger partial charge in [0.15, 0.2) is 0 Å². The standard InChI is InChI=1S/C11H12O/c12-8-9-4-6-11(7-5-9)10-2-1-3-10/h4-8,10H,1-3H2. The van der Waals surface area contributed by atoms with E-state index in [1.165, 1.54) is 24.8 Å². The summed E-state index contributed by atoms with van der Waals surface area (Å²) in [6, 6.07) is 7.96. The van der Waals surface area contributed by atoms with E-state index in [1.54, 1.807) is 0 Å². The first kappa shape index (κ1) is 7.53. The van der Waals surface area contributed by atoms with Gasteiger partial charge in [-0.2, -0.15) is 0 Å². The Morgan fingerprint density at radius 3 is 2.25 bits per heavy atom. The van der Waals surface area contributed by atoms with Crippen LogP contribution >= 0.6 is 0 Å². The molecule has 0 saturated heterocycles. The van der Waals surface area contributed by atoms with E-state index < -0.39 is 0 Å². The highest BCUT2D eigenvalue weighted by molar-refractivity contribution is 5.74. The van der Waals surface area contributed by atoms with E-state index in [4.69, 9.17) is 0 Å². The maximum absolute atomic E-state index is 10.4. The average molecular weight is 160 g/mol. The lowest BCUT2D eigenvalue weighted by molar-refractivity contribution is 0.112. The first-order chi connectivity index (χ1) is 5.90. The van der Waals surface area contributed by atoms with Crippen molar-refractivity contribution < 1.29 is 4.79 Å². The van der Waals surface area contributed by atoms with Crippen molar-refractivity contribution in [1.82, 2.24) is 0 Å². The molecule has 1 aromatic rings. The van der Waals surface area contributed by atoms with E-state index >= 15 is 0 Å². The quantitative estimate of drug-likeness (QED) is 0.608. The molecule has 0 bridgehead atoms. The van der Waals surface area contributed by atoms with Gasteiger partial charge in [-0.3, -0.25) is 4.79 Å². The van der Waals surface area contributed by atoms with Crippen molar-refractivity contribution in [3.8, 4) is 0 Å². The van der Waals surface area contributed by atoms with Crippen LogP contribution in [0.15, 0.2) is 24.3 Å². The van der Waals surface area contributed by atoms with Crippen LogP contribution in [-0.2, 0) is 0 Å². The highest BCUT2D eigenvalue weighted by Gasteiger charge is 2.18. The lowest BCUT2D eigenvalue weighted by atomic mass is 9.80. The van der Waals surface area contributed by atoms with Crippen LogP contribution in [0.2, 0.25) is 0 Å². The summed E-state index contributed by atoms with van der Waals surface area (Å²) in [7, 11) is 0. The Morgan fingerprint density at radius 2 is 1.83 bits per heavy atom. The summed E-state index contributed by atoms with van der Waals surface area (Å²) >= 11 is 0. The molecular weight excluding hydrogens is 148 g/mol. The van der Waals surface area contributed by atoms with Gasteiger partial charge >= 0.3 is 0 Å². The molecule has 1 nitrogen and oxygen atoms in total. The molecule has 0 atom stereocenters. The molecule has 1 saturated carbocycles. The van der Waals surface area contributed by atoms with Gasteiger partial charge in [-0.15, -0.1) is 0 Å². The fourth-order valence-corrected chi connectivity index (χ4v) is 1.59. The third-order valence-corrected chi connectivity index (χ3v) is 2.65. The summed E-state index contributed by atoms with van der Waals surface area (Å²) in [6.45, 7) is 0. The van der Waals surface area contributed by atoms with Crippen molar-refractivity contribution in [2.45, 2.75) is 25.2 Å². The van der Waals surface area contributed by atoms with Gasteiger partial charge in [0.25, 0.3) is 0 Å². The Hall–Kier alpha value is -1.11. The van der Waals surface area contributed by atoms with Crippen LogP contribution in [0.25, 0.3) is 0 Å². The van der Waals surface area contributed by atoms with Crippen molar-refractivity contribution in [3.05, 3.63) is 35.4 Å². The third kappa shape index (κ3) is 1.27. The van der Waals surface area contributed by atoms with Gasteiger partial charge in [0.1, 0.15) is 6.29 Å². The largest absolute Gasteiger partial charge is 0.298 e. The molecule has 1 aliphatic rings. The molecule has 0 N–H and O–H groups in total. The summed E-state index contributed by atoms with van der Waals surface area (Å²) < 4.78 is 0. The van der Waals surface area contributed by atoms with Crippen LogP contribution in [0.1, 0.15) is 41.1 Å². The first-order valence-corrected chi connectivity index (χ1v) is 4.45. The molecule has 0 spiro atoms. The second-order valence-corrected chi connectivity index (χ2v) is 3.41. The summed E-state index contributed by atoms with van der Waals surface area (Å²) in [6.07, 6.45) is 4.89. The maximum atomic E-state index is 10.4. The average Bonchev–Trinajstić information content (AvgIpc) is 2.03. The molecule has 0 heterocycles. The summed E-state index contributed by atoms with van der Waals surface area (Å²) in [5.41, 5.74) is 2.17. The molecule has 12 heavy (non-hydrogen) atoms. The minimum absolute atomic E-state index is 0.769. The lowest BCUT2D eigenvalue weighted by Gasteiger charge is -2.25. The first-order valence-electron chi connectivity index (χ1n) is 4.45. The van der Waals surface area contributed by atoms with E-state index in [9.17, 15) is 4.79 Å². The van der Waals surface area contributed by atoms with Gasteiger partial charge in [0.2, 0.25) is 0 Å². The molecule has 0 radical (unpaired) electrons. The summed E-state index contributed by atoms with van der Waals surface area (Å²) in [4.78, 5) is 10.4. The fourth-order valence-electron chi connectivity index (χ4n) is 1.59. The molecule has 0 amide bonds. The molecule has 1 heteroatoms. The fraction of sp³-hybridized carbons (Fsp3) is 0.364. The van der Waals surface area contributed by atoms with Crippen molar-refractivity contribution in [2.75, 3.05) is 0 Å². The molecule has 2 rings (SSSR count). The summed E-state index contributed by atoms with van der Waals surface area (Å²) in [5.74, 6) is 0.769. The van der Waals surface area contributed by atoms with Crippen LogP contribution < -0.4 is 0 Å². The molecule has 0 aromatic heterocycles. The third-order valence-electron chi connectivity index (χ3n) is 2.65. The van der Waals surface area contributed by atoms with Crippen LogP contribution in [0.4, 0.5) is 0 Å². The van der Waals surface area contributed by atoms with Gasteiger partial charge in [0, 0.05) is 5.56 Å². The molecule has 62 valence electrons. The monoisotopic (exact) mass is 160 g/mol. The van der Waals surface area contributed by atoms with E-state index in [2.05, 4.69) is 12.1 Å². The minimum Gasteiger partial charge on any atom is -0.298 e. The van der Waals surface area contributed by atoms with Crippen LogP contribution in [0.3, 0.4) is 0 Å². The number of carbonyl (C=O) groups excluding carboxylic acids is 1. The number of benzene rings is 1. The zero-order chi connectivity index (χ0) is 8.39. The predicted molar refractivity (Wildman–Crippen MR) is 48.4 cm³/mol. The Kier molecular flexibility index (Phi) is 1.94. The number of rotatable bonds is 2. The normalized spacial score (nSPS) is 17.0. The van der Waals surface area contributed by atoms with Gasteiger partial charge in [-0.1, -0.05) is 30.7 Å². The number of aldehydes is 1. The zero-order valence-electron chi connectivity index (χ0n) is 6.99. The van der Waals surface area contributed by atoms with Crippen molar-refractivity contribution in [2.24, 2.45) is 0 Å². The zero-order valence-corrected chi connectivity index (χ0v) is 6.99. The van der Waals surface area contributed by atoms with Crippen LogP contribution in [0, 0.1) is 0 Å². The van der Waals surface area contributed by atoms with Gasteiger partial charge < -0.3 is 0 Å². The second kappa shape index (κ2) is 3.10. The molecule has 0 unspecified atom stereocenters. The van der Waals surface area contributed by atoms with Crippen molar-refractivity contribution in [1.29, 1.82) is 0 Å². The molecule has 1 aromatic carbocycles. The number of hydrogen-bond acceptors (Lipinski definition) is 1. The Bertz CT molecular complexity index is 270. The predicted octanol–water partition coefficient (Wildman–Crippen LogP) is 2.77. The van der Waals surface area contributed by atoms with Crippen molar-refractivity contribution >= 4 is 6.29 Å². The van der Waals surface area contributed by atoms with Crippen LogP contribution in [0.5, 0.6) is 0 Å². The topological polar surface area (TPSA) is 17.1 Å². The molecule has 1 aliphatic carbocycles. The highest BCUT2D eigenvalue weighted by atomic mass is 16.1. The van der Waals surface area contributed by atoms with E-state index in [0.717, 1.165) is 17.8 Å². The van der Waals surface area contributed by atoms with E-state index in [-0.39, 0.29) is 0 Å². The van der Waals surface area contributed by atoms with Gasteiger partial charge in [-0.25, -0.2) is 0 Å². The second-order valence-electron chi connectivity index (χ2n) is 3.41. The molecule has 1 fully saturated rings. The smallest absolute Gasteiger partial charge is 0.150 e. The lowest BCUT2D eigenvalue weighted by Crippen LogP contribution is -2.08. The minimum atomic E-state index is 0.769. The van der Waals surface area contributed by atoms with Gasteiger partial charge in [0.05, 0.1) is 0 Å². The summed E-state index contributed by atoms with van der Waals surface area (Å²) in [5, 5.41) is 0. The Labute approximate surface area is 72.4 Å². The highest BCUT2D eigenvalue weighted by Crippen LogP contribution is 2.35. The number of hydrogen-bond donors (Lipinski definition) is 0. The van der Waals surface area contributed by atoms with Gasteiger partial charge in [-0.05, 0) is 24.3 Å². The van der Waals surface area contributed by atoms with Crippen molar-refractivity contribution in [3.63, 3.8) is 0 Å². The molecular formula is C11H12O. The van der Waals surface area contributed by atoms with Crippen LogP contribution in [-0.4, -0.2) is 6.29 Å². The van der Waals surface area contributed by atoms with E-state index in [1.807, 2.05) is 12.1 Å².